The van der Waals surface area contributed by atoms with Crippen LogP contribution in [-0.2, 0) is 11.3 Å². The van der Waals surface area contributed by atoms with Gasteiger partial charge in [-0.05, 0) is 37.8 Å². The van der Waals surface area contributed by atoms with Crippen LogP contribution in [0.3, 0.4) is 0 Å². The van der Waals surface area contributed by atoms with Crippen molar-refractivity contribution in [2.24, 2.45) is 0 Å². The first kappa shape index (κ1) is 15.1. The molecule has 1 aromatic carbocycles. The van der Waals surface area contributed by atoms with E-state index in [0.29, 0.717) is 0 Å². The second-order valence-corrected chi connectivity index (χ2v) is 6.32. The van der Waals surface area contributed by atoms with Crippen LogP contribution in [-0.4, -0.2) is 32.2 Å². The van der Waals surface area contributed by atoms with E-state index in [4.69, 9.17) is 4.74 Å². The molecule has 0 saturated carbocycles. The first-order valence-corrected chi connectivity index (χ1v) is 8.33. The molecule has 1 fully saturated rings. The maximum atomic E-state index is 5.72. The van der Waals surface area contributed by atoms with Crippen LogP contribution in [0.5, 0.6) is 0 Å². The fourth-order valence-corrected chi connectivity index (χ4v) is 3.24. The number of anilines is 2. The van der Waals surface area contributed by atoms with Crippen LogP contribution in [0.4, 0.5) is 11.5 Å². The topological polar surface area (TPSA) is 64.9 Å². The van der Waals surface area contributed by atoms with E-state index in [2.05, 4.69) is 56.9 Å². The average molecular weight is 323 g/mol. The largest absolute Gasteiger partial charge is 0.376 e. The van der Waals surface area contributed by atoms with Crippen LogP contribution < -0.4 is 5.32 Å². The zero-order valence-corrected chi connectivity index (χ0v) is 14.0. The summed E-state index contributed by atoms with van der Waals surface area (Å²) in [6, 6.07) is 6.23. The molecule has 2 aromatic heterocycles. The molecule has 1 aliphatic rings. The SMILES string of the molecule is Cc1cccc(C)c1Nc1ncnc2c1ncn2CC1CCCO1. The van der Waals surface area contributed by atoms with Gasteiger partial charge in [-0.2, -0.15) is 0 Å². The molecule has 1 unspecified atom stereocenters. The summed E-state index contributed by atoms with van der Waals surface area (Å²) in [5.74, 6) is 0.739. The Kier molecular flexibility index (Phi) is 3.90. The summed E-state index contributed by atoms with van der Waals surface area (Å²) in [4.78, 5) is 13.4. The summed E-state index contributed by atoms with van der Waals surface area (Å²) in [6.45, 7) is 5.81. The molecule has 1 N–H and O–H groups in total. The third kappa shape index (κ3) is 2.73. The number of nitrogens with one attached hydrogen (secondary N) is 1. The lowest BCUT2D eigenvalue weighted by atomic mass is 10.1. The molecular weight excluding hydrogens is 302 g/mol. The molecule has 0 radical (unpaired) electrons. The van der Waals surface area contributed by atoms with E-state index < -0.39 is 0 Å². The van der Waals surface area contributed by atoms with Crippen molar-refractivity contribution in [3.05, 3.63) is 42.0 Å². The number of benzene rings is 1. The molecule has 1 aliphatic heterocycles. The van der Waals surface area contributed by atoms with E-state index in [1.54, 1.807) is 6.33 Å². The highest BCUT2D eigenvalue weighted by atomic mass is 16.5. The number of para-hydroxylation sites is 1. The number of nitrogens with zero attached hydrogens (tertiary/aromatic N) is 4. The molecule has 3 heterocycles. The Hall–Kier alpha value is -2.47. The molecular formula is C18H21N5O. The highest BCUT2D eigenvalue weighted by Gasteiger charge is 2.18. The quantitative estimate of drug-likeness (QED) is 0.797. The van der Waals surface area contributed by atoms with Crippen molar-refractivity contribution in [1.82, 2.24) is 19.5 Å². The van der Waals surface area contributed by atoms with Crippen LogP contribution >= 0.6 is 0 Å². The van der Waals surface area contributed by atoms with Crippen molar-refractivity contribution in [3.8, 4) is 0 Å². The van der Waals surface area contributed by atoms with E-state index in [1.807, 2.05) is 6.33 Å². The van der Waals surface area contributed by atoms with Crippen LogP contribution in [0.2, 0.25) is 0 Å². The monoisotopic (exact) mass is 323 g/mol. The number of hydrogen-bond acceptors (Lipinski definition) is 5. The third-order valence-electron chi connectivity index (χ3n) is 4.55. The molecule has 3 aromatic rings. The number of hydrogen-bond donors (Lipinski definition) is 1. The lowest BCUT2D eigenvalue weighted by molar-refractivity contribution is 0.0978. The Morgan fingerprint density at radius 1 is 1.21 bits per heavy atom. The van der Waals surface area contributed by atoms with Crippen LogP contribution in [0, 0.1) is 13.8 Å². The standard InChI is InChI=1S/C18H21N5O/c1-12-5-3-6-13(2)15(12)22-17-16-18(20-10-19-17)23(11-21-16)9-14-7-4-8-24-14/h3,5-6,10-11,14H,4,7-9H2,1-2H3,(H,19,20,22). The molecule has 1 saturated heterocycles. The summed E-state index contributed by atoms with van der Waals surface area (Å²) in [5.41, 5.74) is 5.07. The Morgan fingerprint density at radius 3 is 2.79 bits per heavy atom. The van der Waals surface area contributed by atoms with Gasteiger partial charge in [0.1, 0.15) is 6.33 Å². The van der Waals surface area contributed by atoms with Crippen molar-refractivity contribution in [2.75, 3.05) is 11.9 Å². The van der Waals surface area contributed by atoms with Gasteiger partial charge in [0, 0.05) is 12.3 Å². The molecule has 24 heavy (non-hydrogen) atoms. The fraction of sp³-hybridized carbons (Fsp3) is 0.389. The van der Waals surface area contributed by atoms with Gasteiger partial charge in [0.05, 0.1) is 19.0 Å². The number of fused-ring (bicyclic) bond motifs is 1. The summed E-state index contributed by atoms with van der Waals surface area (Å²) in [7, 11) is 0. The maximum Gasteiger partial charge on any atom is 0.165 e. The minimum Gasteiger partial charge on any atom is -0.376 e. The number of imidazole rings is 1. The van der Waals surface area contributed by atoms with Gasteiger partial charge in [-0.3, -0.25) is 0 Å². The molecule has 0 amide bonds. The molecule has 1 atom stereocenters. The molecule has 6 nitrogen and oxygen atoms in total. The van der Waals surface area contributed by atoms with Gasteiger partial charge in [-0.25, -0.2) is 15.0 Å². The van der Waals surface area contributed by atoms with E-state index in [9.17, 15) is 0 Å². The average Bonchev–Trinajstić information content (AvgIpc) is 3.22. The fourth-order valence-electron chi connectivity index (χ4n) is 3.24. The minimum absolute atomic E-state index is 0.257. The van der Waals surface area contributed by atoms with E-state index in [0.717, 1.165) is 48.7 Å². The predicted molar refractivity (Wildman–Crippen MR) is 93.5 cm³/mol. The maximum absolute atomic E-state index is 5.72. The van der Waals surface area contributed by atoms with Crippen molar-refractivity contribution in [2.45, 2.75) is 39.3 Å². The van der Waals surface area contributed by atoms with Gasteiger partial charge in [0.2, 0.25) is 0 Å². The van der Waals surface area contributed by atoms with Gasteiger partial charge in [-0.15, -0.1) is 0 Å². The molecule has 6 heteroatoms. The summed E-state index contributed by atoms with van der Waals surface area (Å²) in [6.07, 6.45) is 5.90. The number of aryl methyl sites for hydroxylation is 2. The smallest absolute Gasteiger partial charge is 0.165 e. The van der Waals surface area contributed by atoms with Crippen LogP contribution in [0.1, 0.15) is 24.0 Å². The summed E-state index contributed by atoms with van der Waals surface area (Å²) >= 11 is 0. The molecule has 4 rings (SSSR count). The van der Waals surface area contributed by atoms with E-state index in [1.165, 1.54) is 11.1 Å². The first-order chi connectivity index (χ1) is 11.7. The summed E-state index contributed by atoms with van der Waals surface area (Å²) in [5, 5.41) is 3.43. The van der Waals surface area contributed by atoms with Crippen molar-refractivity contribution in [1.29, 1.82) is 0 Å². The van der Waals surface area contributed by atoms with Gasteiger partial charge >= 0.3 is 0 Å². The number of aromatic nitrogens is 4. The second-order valence-electron chi connectivity index (χ2n) is 6.32. The third-order valence-corrected chi connectivity index (χ3v) is 4.55. The van der Waals surface area contributed by atoms with Crippen LogP contribution in [0.15, 0.2) is 30.9 Å². The Bertz CT molecular complexity index is 847. The summed E-state index contributed by atoms with van der Waals surface area (Å²) < 4.78 is 7.78. The Labute approximate surface area is 140 Å². The zero-order chi connectivity index (χ0) is 16.5. The predicted octanol–water partition coefficient (Wildman–Crippen LogP) is 3.37. The lowest BCUT2D eigenvalue weighted by Crippen LogP contribution is -2.14. The highest BCUT2D eigenvalue weighted by molar-refractivity contribution is 5.85. The van der Waals surface area contributed by atoms with Crippen molar-refractivity contribution < 1.29 is 4.74 Å². The number of ether oxygens (including phenoxy) is 1. The Morgan fingerprint density at radius 2 is 2.04 bits per heavy atom. The van der Waals surface area contributed by atoms with Gasteiger partial charge in [0.15, 0.2) is 17.0 Å². The van der Waals surface area contributed by atoms with Crippen molar-refractivity contribution >= 4 is 22.7 Å². The zero-order valence-electron chi connectivity index (χ0n) is 14.0. The van der Waals surface area contributed by atoms with Crippen molar-refractivity contribution in [3.63, 3.8) is 0 Å². The molecule has 0 aliphatic carbocycles. The Balaban J connectivity index is 1.68. The normalized spacial score (nSPS) is 17.5. The van der Waals surface area contributed by atoms with Gasteiger partial charge < -0.3 is 14.6 Å². The molecule has 124 valence electrons. The van der Waals surface area contributed by atoms with E-state index >= 15 is 0 Å². The van der Waals surface area contributed by atoms with Gasteiger partial charge in [-0.1, -0.05) is 18.2 Å². The van der Waals surface area contributed by atoms with E-state index in [-0.39, 0.29) is 6.10 Å². The number of rotatable bonds is 4. The second kappa shape index (κ2) is 6.20. The first-order valence-electron chi connectivity index (χ1n) is 8.33. The lowest BCUT2D eigenvalue weighted by Gasteiger charge is -2.13. The van der Waals surface area contributed by atoms with Crippen LogP contribution in [0.25, 0.3) is 11.2 Å². The molecule has 0 bridgehead atoms. The highest BCUT2D eigenvalue weighted by Crippen LogP contribution is 2.27. The molecule has 0 spiro atoms. The minimum atomic E-state index is 0.257. The van der Waals surface area contributed by atoms with Gasteiger partial charge in [0.25, 0.3) is 0 Å².